The van der Waals surface area contributed by atoms with Gasteiger partial charge in [-0.1, -0.05) is 61.3 Å². The number of amides is 3. The molecule has 3 aromatic rings. The van der Waals surface area contributed by atoms with E-state index in [1.165, 1.54) is 47.2 Å². The summed E-state index contributed by atoms with van der Waals surface area (Å²) in [5, 5.41) is 2.83. The van der Waals surface area contributed by atoms with Gasteiger partial charge >= 0.3 is 12.1 Å². The topological polar surface area (TPSA) is 105 Å². The van der Waals surface area contributed by atoms with Crippen molar-refractivity contribution in [1.82, 2.24) is 5.32 Å². The van der Waals surface area contributed by atoms with E-state index in [0.717, 1.165) is 0 Å². The number of carbonyl (C=O) groups is 4. The van der Waals surface area contributed by atoms with E-state index in [-0.39, 0.29) is 33.8 Å². The second kappa shape index (κ2) is 12.4. The number of esters is 1. The Bertz CT molecular complexity index is 1450. The number of halogens is 2. The molecule has 1 unspecified atom stereocenters. The molecule has 1 heterocycles. The van der Waals surface area contributed by atoms with Gasteiger partial charge in [-0.2, -0.15) is 0 Å². The third-order valence-corrected chi connectivity index (χ3v) is 6.92. The lowest BCUT2D eigenvalue weighted by Gasteiger charge is -2.26. The molecule has 1 N–H and O–H groups in total. The number of anilines is 3. The standard InChI is InChI=1S/C29H27Cl2N3O6/c1-17(2)12-13-33-23-15-21(30)22(31)16-24(23)34(19-9-5-4-6-10-19)27(36)25(26(33)35)32-29(38)40-20-11-7-8-18(14-20)28(37)39-3/h4-11,14-17,25H,12-13H2,1-3H3,(H,32,38). The van der Waals surface area contributed by atoms with Crippen molar-refractivity contribution < 1.29 is 28.7 Å². The van der Waals surface area contributed by atoms with Gasteiger partial charge in [-0.25, -0.2) is 9.59 Å². The molecule has 0 saturated heterocycles. The Morgan fingerprint density at radius 2 is 1.60 bits per heavy atom. The highest BCUT2D eigenvalue weighted by Gasteiger charge is 2.42. The first kappa shape index (κ1) is 28.9. The van der Waals surface area contributed by atoms with E-state index in [1.54, 1.807) is 36.4 Å². The fraction of sp³-hybridized carbons (Fsp3) is 0.241. The summed E-state index contributed by atoms with van der Waals surface area (Å²) in [6, 6.07) is 15.9. The van der Waals surface area contributed by atoms with Crippen LogP contribution in [0, 0.1) is 5.92 Å². The van der Waals surface area contributed by atoms with Crippen LogP contribution in [0.3, 0.4) is 0 Å². The van der Waals surface area contributed by atoms with Crippen LogP contribution < -0.4 is 19.9 Å². The maximum Gasteiger partial charge on any atom is 0.413 e. The van der Waals surface area contributed by atoms with Gasteiger partial charge in [0.1, 0.15) is 5.75 Å². The van der Waals surface area contributed by atoms with E-state index < -0.39 is 29.9 Å². The molecule has 1 atom stereocenters. The molecule has 0 fully saturated rings. The number of fused-ring (bicyclic) bond motifs is 1. The maximum atomic E-state index is 14.0. The minimum absolute atomic E-state index is 0.0207. The van der Waals surface area contributed by atoms with Gasteiger partial charge in [-0.15, -0.1) is 0 Å². The van der Waals surface area contributed by atoms with Crippen molar-refractivity contribution >= 4 is 64.1 Å². The van der Waals surface area contributed by atoms with Crippen molar-refractivity contribution in [2.45, 2.75) is 26.3 Å². The van der Waals surface area contributed by atoms with Crippen LogP contribution in [0.2, 0.25) is 10.0 Å². The Labute approximate surface area is 241 Å². The summed E-state index contributed by atoms with van der Waals surface area (Å²) in [5.74, 6) is -1.74. The average molecular weight is 584 g/mol. The number of methoxy groups -OCH3 is 1. The van der Waals surface area contributed by atoms with E-state index in [0.29, 0.717) is 23.5 Å². The fourth-order valence-electron chi connectivity index (χ4n) is 4.19. The van der Waals surface area contributed by atoms with Crippen molar-refractivity contribution in [3.63, 3.8) is 0 Å². The molecule has 40 heavy (non-hydrogen) atoms. The Kier molecular flexibility index (Phi) is 8.96. The van der Waals surface area contributed by atoms with E-state index in [2.05, 4.69) is 5.32 Å². The second-order valence-corrected chi connectivity index (χ2v) is 10.2. The van der Waals surface area contributed by atoms with Crippen molar-refractivity contribution in [2.75, 3.05) is 23.5 Å². The minimum atomic E-state index is -1.64. The van der Waals surface area contributed by atoms with Crippen LogP contribution in [0.15, 0.2) is 66.7 Å². The Morgan fingerprint density at radius 3 is 2.25 bits per heavy atom. The lowest BCUT2D eigenvalue weighted by Crippen LogP contribution is -2.55. The fourth-order valence-corrected chi connectivity index (χ4v) is 4.51. The first-order valence-electron chi connectivity index (χ1n) is 12.5. The molecule has 3 amide bonds. The van der Waals surface area contributed by atoms with Crippen molar-refractivity contribution in [3.05, 3.63) is 82.3 Å². The van der Waals surface area contributed by atoms with E-state index in [1.807, 2.05) is 13.8 Å². The zero-order valence-electron chi connectivity index (χ0n) is 22.0. The van der Waals surface area contributed by atoms with E-state index in [4.69, 9.17) is 32.7 Å². The number of rotatable bonds is 7. The summed E-state index contributed by atoms with van der Waals surface area (Å²) in [6.07, 6.45) is -0.449. The highest BCUT2D eigenvalue weighted by Crippen LogP contribution is 2.42. The SMILES string of the molecule is COC(=O)c1cccc(OC(=O)NC2C(=O)N(CCC(C)C)c3cc(Cl)c(Cl)cc3N(c3ccccc3)C2=O)c1. The lowest BCUT2D eigenvalue weighted by molar-refractivity contribution is -0.128. The van der Waals surface area contributed by atoms with Crippen LogP contribution in [0.5, 0.6) is 5.75 Å². The van der Waals surface area contributed by atoms with Gasteiger partial charge in [-0.3, -0.25) is 14.5 Å². The highest BCUT2D eigenvalue weighted by molar-refractivity contribution is 6.43. The van der Waals surface area contributed by atoms with Gasteiger partial charge in [-0.05, 0) is 54.8 Å². The molecule has 1 aliphatic heterocycles. The number of hydrogen-bond donors (Lipinski definition) is 1. The summed E-state index contributed by atoms with van der Waals surface area (Å²) in [5.41, 5.74) is 1.33. The summed E-state index contributed by atoms with van der Waals surface area (Å²) >= 11 is 12.7. The number of ether oxygens (including phenoxy) is 2. The Balaban J connectivity index is 1.75. The molecule has 0 bridgehead atoms. The average Bonchev–Trinajstić information content (AvgIpc) is 3.01. The maximum absolute atomic E-state index is 14.0. The van der Waals surface area contributed by atoms with Gasteiger partial charge in [0.2, 0.25) is 0 Å². The molecular weight excluding hydrogens is 557 g/mol. The largest absolute Gasteiger partial charge is 0.465 e. The number of hydrogen-bond acceptors (Lipinski definition) is 6. The van der Waals surface area contributed by atoms with Crippen LogP contribution in [0.4, 0.5) is 21.9 Å². The van der Waals surface area contributed by atoms with Crippen LogP contribution in [0.25, 0.3) is 0 Å². The van der Waals surface area contributed by atoms with Crippen molar-refractivity contribution in [2.24, 2.45) is 5.92 Å². The van der Waals surface area contributed by atoms with Gasteiger partial charge < -0.3 is 19.7 Å². The molecule has 4 rings (SSSR count). The summed E-state index contributed by atoms with van der Waals surface area (Å²) in [6.45, 7) is 4.27. The Hall–Kier alpha value is -4.08. The molecule has 0 aliphatic carbocycles. The highest BCUT2D eigenvalue weighted by atomic mass is 35.5. The number of benzene rings is 3. The van der Waals surface area contributed by atoms with Crippen molar-refractivity contribution in [1.29, 1.82) is 0 Å². The van der Waals surface area contributed by atoms with Crippen LogP contribution in [0.1, 0.15) is 30.6 Å². The van der Waals surface area contributed by atoms with E-state index >= 15 is 0 Å². The molecule has 9 nitrogen and oxygen atoms in total. The third kappa shape index (κ3) is 6.21. The number of carbonyl (C=O) groups excluding carboxylic acids is 4. The molecule has 208 valence electrons. The number of nitrogens with one attached hydrogen (secondary N) is 1. The molecule has 0 aromatic heterocycles. The Morgan fingerprint density at radius 1 is 0.925 bits per heavy atom. The monoisotopic (exact) mass is 583 g/mol. The second-order valence-electron chi connectivity index (χ2n) is 9.42. The number of nitrogens with zero attached hydrogens (tertiary/aromatic N) is 2. The van der Waals surface area contributed by atoms with Crippen LogP contribution in [-0.2, 0) is 14.3 Å². The molecule has 0 saturated carbocycles. The molecule has 11 heteroatoms. The number of para-hydroxylation sites is 1. The molecule has 3 aromatic carbocycles. The quantitative estimate of drug-likeness (QED) is 0.270. The smallest absolute Gasteiger partial charge is 0.413 e. The molecular formula is C29H27Cl2N3O6. The van der Waals surface area contributed by atoms with Gasteiger partial charge in [0.05, 0.1) is 34.1 Å². The zero-order chi connectivity index (χ0) is 29.0. The van der Waals surface area contributed by atoms with E-state index in [9.17, 15) is 19.2 Å². The lowest BCUT2D eigenvalue weighted by atomic mass is 10.1. The normalized spacial score (nSPS) is 15.0. The molecule has 0 spiro atoms. The van der Waals surface area contributed by atoms with Gasteiger partial charge in [0, 0.05) is 12.2 Å². The summed E-state index contributed by atoms with van der Waals surface area (Å²) in [7, 11) is 1.23. The predicted molar refractivity (Wildman–Crippen MR) is 153 cm³/mol. The first-order valence-corrected chi connectivity index (χ1v) is 13.2. The van der Waals surface area contributed by atoms with Crippen molar-refractivity contribution in [3.8, 4) is 5.75 Å². The third-order valence-electron chi connectivity index (χ3n) is 6.20. The van der Waals surface area contributed by atoms with Gasteiger partial charge in [0.15, 0.2) is 6.04 Å². The first-order chi connectivity index (χ1) is 19.1. The van der Waals surface area contributed by atoms with Crippen LogP contribution in [-0.4, -0.2) is 43.6 Å². The summed E-state index contributed by atoms with van der Waals surface area (Å²) in [4.78, 5) is 55.6. The molecule has 0 radical (unpaired) electrons. The summed E-state index contributed by atoms with van der Waals surface area (Å²) < 4.78 is 10.0. The predicted octanol–water partition coefficient (Wildman–Crippen LogP) is 5.99. The molecule has 1 aliphatic rings. The van der Waals surface area contributed by atoms with Crippen LogP contribution >= 0.6 is 23.2 Å². The minimum Gasteiger partial charge on any atom is -0.465 e. The van der Waals surface area contributed by atoms with Gasteiger partial charge in [0.25, 0.3) is 11.8 Å². The zero-order valence-corrected chi connectivity index (χ0v) is 23.5.